The lowest BCUT2D eigenvalue weighted by molar-refractivity contribution is 0.389. The van der Waals surface area contributed by atoms with Crippen LogP contribution in [0.3, 0.4) is 0 Å². The third-order valence-corrected chi connectivity index (χ3v) is 6.05. The molecule has 2 aromatic rings. The summed E-state index contributed by atoms with van der Waals surface area (Å²) < 4.78 is 34.0. The van der Waals surface area contributed by atoms with Crippen LogP contribution < -0.4 is 9.04 Å². The Balaban J connectivity index is 1.90. The van der Waals surface area contributed by atoms with Crippen molar-refractivity contribution in [2.75, 3.05) is 25.0 Å². The van der Waals surface area contributed by atoms with Crippen LogP contribution in [0.1, 0.15) is 11.1 Å². The van der Waals surface area contributed by atoms with Gasteiger partial charge in [0.1, 0.15) is 5.75 Å². The molecular weight excluding hydrogens is 312 g/mol. The molecule has 1 aliphatic rings. The van der Waals surface area contributed by atoms with Crippen LogP contribution in [0.25, 0.3) is 0 Å². The van der Waals surface area contributed by atoms with Gasteiger partial charge < -0.3 is 4.74 Å². The van der Waals surface area contributed by atoms with E-state index in [4.69, 9.17) is 4.74 Å². The van der Waals surface area contributed by atoms with Crippen LogP contribution in [0.15, 0.2) is 48.5 Å². The molecule has 0 fully saturated rings. The van der Waals surface area contributed by atoms with E-state index in [1.165, 1.54) is 21.3 Å². The molecule has 2 aromatic carbocycles. The lowest BCUT2D eigenvalue weighted by Crippen LogP contribution is -2.44. The maximum atomic E-state index is 13.0. The molecule has 0 unspecified atom stereocenters. The molecule has 5 nitrogen and oxygen atoms in total. The summed E-state index contributed by atoms with van der Waals surface area (Å²) in [6.07, 6.45) is 0.731. The molecule has 0 bridgehead atoms. The Morgan fingerprint density at radius 3 is 2.43 bits per heavy atom. The average Bonchev–Trinajstić information content (AvgIpc) is 2.60. The van der Waals surface area contributed by atoms with Crippen molar-refractivity contribution in [1.82, 2.24) is 4.31 Å². The number of rotatable bonds is 4. The van der Waals surface area contributed by atoms with Gasteiger partial charge in [-0.15, -0.1) is 0 Å². The number of fused-ring (bicyclic) bond motifs is 1. The number of methoxy groups -OCH3 is 1. The molecule has 0 saturated carbocycles. The molecule has 0 radical (unpaired) electrons. The van der Waals surface area contributed by atoms with Gasteiger partial charge in [0.15, 0.2) is 0 Å². The molecule has 0 aliphatic carbocycles. The summed E-state index contributed by atoms with van der Waals surface area (Å²) in [5.74, 6) is 0.538. The zero-order valence-electron chi connectivity index (χ0n) is 13.3. The van der Waals surface area contributed by atoms with Crippen LogP contribution in [0.5, 0.6) is 5.75 Å². The molecule has 1 heterocycles. The van der Waals surface area contributed by atoms with Crippen molar-refractivity contribution in [2.24, 2.45) is 0 Å². The van der Waals surface area contributed by atoms with E-state index in [-0.39, 0.29) is 0 Å². The Morgan fingerprint density at radius 1 is 1.04 bits per heavy atom. The van der Waals surface area contributed by atoms with E-state index >= 15 is 0 Å². The van der Waals surface area contributed by atoms with Crippen LogP contribution in [-0.2, 0) is 23.2 Å². The Hall–Kier alpha value is -2.05. The van der Waals surface area contributed by atoms with E-state index < -0.39 is 10.2 Å². The van der Waals surface area contributed by atoms with Gasteiger partial charge in [-0.25, -0.2) is 0 Å². The monoisotopic (exact) mass is 332 g/mol. The fraction of sp³-hybridized carbons (Fsp3) is 0.294. The first-order valence-electron chi connectivity index (χ1n) is 7.48. The second-order valence-electron chi connectivity index (χ2n) is 5.50. The van der Waals surface area contributed by atoms with E-state index in [0.29, 0.717) is 24.5 Å². The second-order valence-corrected chi connectivity index (χ2v) is 7.46. The quantitative estimate of drug-likeness (QED) is 0.864. The summed E-state index contributed by atoms with van der Waals surface area (Å²) in [5, 5.41) is 0. The smallest absolute Gasteiger partial charge is 0.304 e. The van der Waals surface area contributed by atoms with Crippen molar-refractivity contribution < 1.29 is 13.2 Å². The minimum atomic E-state index is -3.60. The summed E-state index contributed by atoms with van der Waals surface area (Å²) >= 11 is 0. The lowest BCUT2D eigenvalue weighted by atomic mass is 10.0. The summed E-state index contributed by atoms with van der Waals surface area (Å²) in [7, 11) is -0.502. The Labute approximate surface area is 137 Å². The van der Waals surface area contributed by atoms with Gasteiger partial charge in [0.2, 0.25) is 0 Å². The van der Waals surface area contributed by atoms with Gasteiger partial charge in [0.05, 0.1) is 12.8 Å². The number of hydrogen-bond donors (Lipinski definition) is 0. The zero-order valence-corrected chi connectivity index (χ0v) is 14.1. The van der Waals surface area contributed by atoms with Gasteiger partial charge in [-0.2, -0.15) is 12.7 Å². The van der Waals surface area contributed by atoms with Crippen molar-refractivity contribution in [3.8, 4) is 5.75 Å². The highest BCUT2D eigenvalue weighted by Crippen LogP contribution is 2.31. The van der Waals surface area contributed by atoms with Crippen molar-refractivity contribution in [1.29, 1.82) is 0 Å². The topological polar surface area (TPSA) is 49.9 Å². The van der Waals surface area contributed by atoms with Crippen molar-refractivity contribution in [3.63, 3.8) is 0 Å². The molecule has 1 aliphatic heterocycles. The van der Waals surface area contributed by atoms with E-state index in [2.05, 4.69) is 6.07 Å². The van der Waals surface area contributed by atoms with Crippen LogP contribution in [0.4, 0.5) is 5.69 Å². The molecule has 0 saturated heterocycles. The minimum Gasteiger partial charge on any atom is -0.495 e. The van der Waals surface area contributed by atoms with E-state index in [1.807, 2.05) is 24.3 Å². The fourth-order valence-electron chi connectivity index (χ4n) is 2.85. The van der Waals surface area contributed by atoms with E-state index in [1.54, 1.807) is 25.2 Å². The maximum Gasteiger partial charge on any atom is 0.304 e. The Morgan fingerprint density at radius 2 is 1.70 bits per heavy atom. The highest BCUT2D eigenvalue weighted by atomic mass is 32.2. The zero-order chi connectivity index (χ0) is 16.4. The van der Waals surface area contributed by atoms with Gasteiger partial charge in [0.25, 0.3) is 0 Å². The standard InChI is InChI=1S/C17H20N2O3S/c1-18(16-9-5-6-10-17(16)22-2)23(20,21)19-12-11-14-7-3-4-8-15(14)13-19/h3-10H,11-13H2,1-2H3. The molecule has 0 amide bonds. The third-order valence-electron chi connectivity index (χ3n) is 4.19. The van der Waals surface area contributed by atoms with Crippen molar-refractivity contribution in [3.05, 3.63) is 59.7 Å². The van der Waals surface area contributed by atoms with Gasteiger partial charge in [0, 0.05) is 20.1 Å². The summed E-state index contributed by atoms with van der Waals surface area (Å²) in [4.78, 5) is 0. The highest BCUT2D eigenvalue weighted by Gasteiger charge is 2.31. The van der Waals surface area contributed by atoms with Crippen LogP contribution >= 0.6 is 0 Å². The van der Waals surface area contributed by atoms with Crippen LogP contribution in [-0.4, -0.2) is 33.4 Å². The Bertz CT molecular complexity index is 805. The first-order chi connectivity index (χ1) is 11.0. The molecule has 23 heavy (non-hydrogen) atoms. The SMILES string of the molecule is COc1ccccc1N(C)S(=O)(=O)N1CCc2ccccc2C1. The van der Waals surface area contributed by atoms with Gasteiger partial charge in [-0.1, -0.05) is 36.4 Å². The minimum absolute atomic E-state index is 0.401. The fourth-order valence-corrected chi connectivity index (χ4v) is 4.22. The largest absolute Gasteiger partial charge is 0.495 e. The number of para-hydroxylation sites is 2. The molecule has 3 rings (SSSR count). The predicted molar refractivity (Wildman–Crippen MR) is 90.9 cm³/mol. The van der Waals surface area contributed by atoms with Crippen LogP contribution in [0.2, 0.25) is 0 Å². The van der Waals surface area contributed by atoms with Gasteiger partial charge >= 0.3 is 10.2 Å². The van der Waals surface area contributed by atoms with E-state index in [9.17, 15) is 8.42 Å². The van der Waals surface area contributed by atoms with Crippen LogP contribution in [0, 0.1) is 0 Å². The molecule has 122 valence electrons. The number of nitrogens with zero attached hydrogens (tertiary/aromatic N) is 2. The summed E-state index contributed by atoms with van der Waals surface area (Å²) in [5.41, 5.74) is 2.82. The lowest BCUT2D eigenvalue weighted by Gasteiger charge is -2.32. The molecular formula is C17H20N2O3S. The summed E-state index contributed by atoms with van der Waals surface area (Å²) in [6.45, 7) is 0.886. The van der Waals surface area contributed by atoms with E-state index in [0.717, 1.165) is 12.0 Å². The second kappa shape index (κ2) is 6.22. The average molecular weight is 332 g/mol. The number of benzene rings is 2. The first kappa shape index (κ1) is 15.8. The number of anilines is 1. The van der Waals surface area contributed by atoms with Gasteiger partial charge in [-0.05, 0) is 29.7 Å². The third kappa shape index (κ3) is 2.92. The highest BCUT2D eigenvalue weighted by molar-refractivity contribution is 7.90. The predicted octanol–water partition coefficient (Wildman–Crippen LogP) is 2.43. The normalized spacial score (nSPS) is 15.0. The molecule has 0 spiro atoms. The van der Waals surface area contributed by atoms with Crippen molar-refractivity contribution >= 4 is 15.9 Å². The summed E-state index contributed by atoms with van der Waals surface area (Å²) in [6, 6.07) is 15.1. The van der Waals surface area contributed by atoms with Gasteiger partial charge in [-0.3, -0.25) is 4.31 Å². The van der Waals surface area contributed by atoms with Crippen molar-refractivity contribution in [2.45, 2.75) is 13.0 Å². The maximum absolute atomic E-state index is 13.0. The molecule has 0 aromatic heterocycles. The Kier molecular flexibility index (Phi) is 4.28. The first-order valence-corrected chi connectivity index (χ1v) is 8.87. The molecule has 0 N–H and O–H groups in total. The number of ether oxygens (including phenoxy) is 1. The number of hydrogen-bond acceptors (Lipinski definition) is 3. The molecule has 0 atom stereocenters. The molecule has 6 heteroatoms.